The first-order chi connectivity index (χ1) is 12.3. The number of hydrogen-bond donors (Lipinski definition) is 1. The van der Waals surface area contributed by atoms with Gasteiger partial charge in [-0.05, 0) is 36.8 Å². The maximum absolute atomic E-state index is 13.8. The number of nitrogens with one attached hydrogen (secondary N) is 1. The highest BCUT2D eigenvalue weighted by Gasteiger charge is 2.23. The summed E-state index contributed by atoms with van der Waals surface area (Å²) < 4.78 is 39.6. The average molecular weight is 395 g/mol. The zero-order valence-electron chi connectivity index (χ0n) is 13.3. The lowest BCUT2D eigenvalue weighted by Gasteiger charge is -2.08. The van der Waals surface area contributed by atoms with Gasteiger partial charge >= 0.3 is 0 Å². The minimum absolute atomic E-state index is 0.126. The van der Waals surface area contributed by atoms with Crippen LogP contribution in [-0.2, 0) is 10.0 Å². The van der Waals surface area contributed by atoms with E-state index in [-0.39, 0.29) is 22.0 Å². The van der Waals surface area contributed by atoms with Crippen LogP contribution in [0, 0.1) is 12.7 Å². The summed E-state index contributed by atoms with van der Waals surface area (Å²) in [5.74, 6) is -1.23. The highest BCUT2D eigenvalue weighted by Crippen LogP contribution is 2.26. The summed E-state index contributed by atoms with van der Waals surface area (Å²) in [6, 6.07) is 6.86. The number of hydrogen-bond acceptors (Lipinski definition) is 5. The normalized spacial score (nSPS) is 11.3. The van der Waals surface area contributed by atoms with E-state index in [2.05, 4.69) is 15.4 Å². The molecule has 1 aromatic carbocycles. The molecule has 26 heavy (non-hydrogen) atoms. The Kier molecular flexibility index (Phi) is 4.75. The van der Waals surface area contributed by atoms with E-state index in [0.29, 0.717) is 4.09 Å². The van der Waals surface area contributed by atoms with E-state index in [4.69, 9.17) is 11.6 Å². The van der Waals surface area contributed by atoms with Gasteiger partial charge in [0.05, 0.1) is 23.1 Å². The second-order valence-corrected chi connectivity index (χ2v) is 7.48. The maximum Gasteiger partial charge on any atom is 0.284 e. The van der Waals surface area contributed by atoms with Crippen molar-refractivity contribution in [3.05, 3.63) is 71.0 Å². The summed E-state index contributed by atoms with van der Waals surface area (Å²) in [6.07, 6.45) is 3.69. The summed E-state index contributed by atoms with van der Waals surface area (Å²) in [4.78, 5) is 15.5. The standard InChI is InChI=1S/C16H12ClFN4O3S/c1-10-6-12(17)15(7-13(10)18)26(24,25)22-9-11(8-20-22)21-16(23)14-4-2-3-5-19-14/h2-9H,1H3,(H,21,23). The van der Waals surface area contributed by atoms with Gasteiger partial charge in [0.15, 0.2) is 0 Å². The minimum atomic E-state index is -4.22. The van der Waals surface area contributed by atoms with Crippen molar-refractivity contribution in [3.8, 4) is 0 Å². The fourth-order valence-electron chi connectivity index (χ4n) is 2.12. The van der Waals surface area contributed by atoms with Gasteiger partial charge < -0.3 is 5.32 Å². The smallest absolute Gasteiger partial charge is 0.284 e. The summed E-state index contributed by atoms with van der Waals surface area (Å²) >= 11 is 5.94. The van der Waals surface area contributed by atoms with E-state index in [1.807, 2.05) is 0 Å². The number of aryl methyl sites for hydroxylation is 1. The highest BCUT2D eigenvalue weighted by atomic mass is 35.5. The van der Waals surface area contributed by atoms with Gasteiger partial charge in [-0.15, -0.1) is 0 Å². The first kappa shape index (κ1) is 18.0. The molecule has 0 saturated carbocycles. The van der Waals surface area contributed by atoms with E-state index in [1.54, 1.807) is 12.1 Å². The topological polar surface area (TPSA) is 94.0 Å². The van der Waals surface area contributed by atoms with Gasteiger partial charge in [0.25, 0.3) is 15.9 Å². The van der Waals surface area contributed by atoms with Gasteiger partial charge in [-0.2, -0.15) is 17.6 Å². The van der Waals surface area contributed by atoms with Crippen molar-refractivity contribution in [1.29, 1.82) is 0 Å². The van der Waals surface area contributed by atoms with Crippen molar-refractivity contribution in [2.24, 2.45) is 0 Å². The zero-order chi connectivity index (χ0) is 18.9. The number of rotatable bonds is 4. The Morgan fingerprint density at radius 2 is 2.08 bits per heavy atom. The molecule has 1 N–H and O–H groups in total. The third-order valence-corrected chi connectivity index (χ3v) is 5.46. The molecule has 2 heterocycles. The molecule has 3 aromatic rings. The Morgan fingerprint density at radius 1 is 1.31 bits per heavy atom. The molecule has 0 bridgehead atoms. The summed E-state index contributed by atoms with van der Waals surface area (Å²) in [5.41, 5.74) is 0.512. The number of amides is 1. The number of benzene rings is 1. The first-order valence-corrected chi connectivity index (χ1v) is 9.09. The van der Waals surface area contributed by atoms with Crippen molar-refractivity contribution in [2.75, 3.05) is 5.32 Å². The lowest BCUT2D eigenvalue weighted by Crippen LogP contribution is -2.15. The van der Waals surface area contributed by atoms with Crippen molar-refractivity contribution in [3.63, 3.8) is 0 Å². The maximum atomic E-state index is 13.8. The number of aromatic nitrogens is 3. The summed E-state index contributed by atoms with van der Waals surface area (Å²) in [7, 11) is -4.22. The van der Waals surface area contributed by atoms with E-state index >= 15 is 0 Å². The number of carbonyl (C=O) groups excluding carboxylic acids is 1. The Balaban J connectivity index is 1.89. The third-order valence-electron chi connectivity index (χ3n) is 3.45. The summed E-state index contributed by atoms with van der Waals surface area (Å²) in [5, 5.41) is 6.07. The van der Waals surface area contributed by atoms with Crippen molar-refractivity contribution < 1.29 is 17.6 Å². The van der Waals surface area contributed by atoms with Crippen molar-refractivity contribution in [1.82, 2.24) is 14.2 Å². The van der Waals surface area contributed by atoms with Gasteiger partial charge in [0, 0.05) is 6.20 Å². The molecule has 3 rings (SSSR count). The molecule has 0 aliphatic carbocycles. The first-order valence-electron chi connectivity index (χ1n) is 7.27. The predicted molar refractivity (Wildman–Crippen MR) is 93.1 cm³/mol. The minimum Gasteiger partial charge on any atom is -0.318 e. The predicted octanol–water partition coefficient (Wildman–Crippen LogP) is 2.87. The second kappa shape index (κ2) is 6.85. The molecule has 2 aromatic heterocycles. The monoisotopic (exact) mass is 394 g/mol. The quantitative estimate of drug-likeness (QED) is 0.734. The molecule has 0 aliphatic heterocycles. The highest BCUT2D eigenvalue weighted by molar-refractivity contribution is 7.90. The second-order valence-electron chi connectivity index (χ2n) is 5.31. The zero-order valence-corrected chi connectivity index (χ0v) is 14.9. The molecule has 0 radical (unpaired) electrons. The van der Waals surface area contributed by atoms with Crippen LogP contribution in [0.1, 0.15) is 16.1 Å². The van der Waals surface area contributed by atoms with Crippen LogP contribution in [0.3, 0.4) is 0 Å². The number of pyridine rings is 1. The Labute approximate surface area is 153 Å². The summed E-state index contributed by atoms with van der Waals surface area (Å²) in [6.45, 7) is 1.47. The van der Waals surface area contributed by atoms with Gasteiger partial charge in [0.2, 0.25) is 0 Å². The van der Waals surface area contributed by atoms with Crippen LogP contribution in [0.4, 0.5) is 10.1 Å². The van der Waals surface area contributed by atoms with Crippen LogP contribution in [0.2, 0.25) is 5.02 Å². The Hall–Kier alpha value is -2.78. The number of nitrogens with zero attached hydrogens (tertiary/aromatic N) is 3. The van der Waals surface area contributed by atoms with Crippen LogP contribution >= 0.6 is 11.6 Å². The van der Waals surface area contributed by atoms with Crippen molar-refractivity contribution >= 4 is 33.2 Å². The van der Waals surface area contributed by atoms with E-state index in [1.165, 1.54) is 25.3 Å². The molecule has 1 amide bonds. The third kappa shape index (κ3) is 3.44. The van der Waals surface area contributed by atoms with Gasteiger partial charge in [-0.25, -0.2) is 4.39 Å². The van der Waals surface area contributed by atoms with Gasteiger partial charge in [0.1, 0.15) is 16.4 Å². The van der Waals surface area contributed by atoms with Gasteiger partial charge in [-0.1, -0.05) is 17.7 Å². The molecule has 10 heteroatoms. The van der Waals surface area contributed by atoms with E-state index in [9.17, 15) is 17.6 Å². The SMILES string of the molecule is Cc1cc(Cl)c(S(=O)(=O)n2cc(NC(=O)c3ccccn3)cn2)cc1F. The fraction of sp³-hybridized carbons (Fsp3) is 0.0625. The fourth-order valence-corrected chi connectivity index (χ4v) is 3.81. The molecule has 0 unspecified atom stereocenters. The van der Waals surface area contributed by atoms with Crippen LogP contribution in [-0.4, -0.2) is 28.5 Å². The molecule has 0 aliphatic rings. The molecule has 0 atom stereocenters. The van der Waals surface area contributed by atoms with E-state index < -0.39 is 26.6 Å². The van der Waals surface area contributed by atoms with Crippen LogP contribution in [0.25, 0.3) is 0 Å². The van der Waals surface area contributed by atoms with Crippen LogP contribution < -0.4 is 5.32 Å². The van der Waals surface area contributed by atoms with E-state index in [0.717, 1.165) is 18.5 Å². The van der Waals surface area contributed by atoms with Crippen LogP contribution in [0.5, 0.6) is 0 Å². The molecule has 134 valence electrons. The molecular formula is C16H12ClFN4O3S. The largest absolute Gasteiger partial charge is 0.318 e. The molecule has 0 saturated heterocycles. The average Bonchev–Trinajstić information content (AvgIpc) is 3.08. The Bertz CT molecular complexity index is 1080. The lowest BCUT2D eigenvalue weighted by atomic mass is 10.2. The number of carbonyl (C=O) groups is 1. The lowest BCUT2D eigenvalue weighted by molar-refractivity contribution is 0.102. The van der Waals surface area contributed by atoms with Gasteiger partial charge in [-0.3, -0.25) is 9.78 Å². The van der Waals surface area contributed by atoms with Crippen molar-refractivity contribution in [2.45, 2.75) is 11.8 Å². The number of halogens is 2. The van der Waals surface area contributed by atoms with Crippen LogP contribution in [0.15, 0.2) is 53.8 Å². The molecule has 0 spiro atoms. The molecule has 0 fully saturated rings. The Morgan fingerprint density at radius 3 is 2.77 bits per heavy atom. The molecular weight excluding hydrogens is 383 g/mol. The number of anilines is 1. The molecule has 7 nitrogen and oxygen atoms in total.